The van der Waals surface area contributed by atoms with Crippen molar-refractivity contribution in [3.8, 4) is 22.6 Å². The third kappa shape index (κ3) is 15.9. The number of amides is 6. The van der Waals surface area contributed by atoms with Crippen LogP contribution in [0.3, 0.4) is 0 Å². The van der Waals surface area contributed by atoms with Gasteiger partial charge in [0, 0.05) is 106 Å². The first-order chi connectivity index (χ1) is 49.3. The highest BCUT2D eigenvalue weighted by atomic mass is 32.1. The zero-order valence-electron chi connectivity index (χ0n) is 57.7. The van der Waals surface area contributed by atoms with Gasteiger partial charge in [-0.15, -0.1) is 0 Å². The van der Waals surface area contributed by atoms with Crippen LogP contribution in [0, 0.1) is 29.1 Å². The number of nitrogens with zero attached hydrogens (tertiary/aromatic N) is 7. The van der Waals surface area contributed by atoms with Crippen LogP contribution < -0.4 is 30.3 Å². The van der Waals surface area contributed by atoms with Gasteiger partial charge < -0.3 is 74.4 Å². The summed E-state index contributed by atoms with van der Waals surface area (Å²) < 4.78 is 38.0. The highest BCUT2D eigenvalue weighted by Crippen LogP contribution is 2.69. The van der Waals surface area contributed by atoms with Crippen molar-refractivity contribution in [3.63, 3.8) is 0 Å². The first kappa shape index (κ1) is 73.1. The molecule has 30 heteroatoms. The van der Waals surface area contributed by atoms with E-state index < -0.39 is 72.4 Å². The number of ether oxygens (including phenoxy) is 6. The van der Waals surface area contributed by atoms with Crippen molar-refractivity contribution in [1.82, 2.24) is 34.9 Å². The van der Waals surface area contributed by atoms with Gasteiger partial charge in [0.2, 0.25) is 18.1 Å². The lowest BCUT2D eigenvalue weighted by molar-refractivity contribution is -0.271. The van der Waals surface area contributed by atoms with Crippen LogP contribution >= 0.6 is 11.3 Å². The number of carbonyl (C=O) groups excluding carboxylic acids is 6. The van der Waals surface area contributed by atoms with Crippen molar-refractivity contribution in [2.75, 3.05) is 82.3 Å². The van der Waals surface area contributed by atoms with Crippen LogP contribution in [-0.2, 0) is 62.4 Å². The van der Waals surface area contributed by atoms with E-state index in [0.29, 0.717) is 58.5 Å². The standard InChI is InChI=1S/C73H84N10O19S/c1-41-46(44-14-17-55(78-60(44)66(92)93)81-26-22-43-47(36-81)45(13-16-51(43)98-5)65(91)79-69-77-49-10-6-7-11-54(49)103-69)35-75-83(41)40-73-34-53(48-20-24-71(2,38-73)37-72(48,3)39-73)99-32-29-80(28-31-97-4)70(96)100-30-8-9-42-12-15-52(101-68-63(90)61(88)62(89)64(102-68)67(94)95)50(33-42)76-57(85)21-25-74-56(84)23-27-82-58(86)18-19-59(82)87/h6-19,33,35,48,53,61-64,68,88-90H,20-32,34,36-40H2,1-5H3,(H,74,84)(H,76,85)(H,92,93)(H,94,95)(H,77,79,91)/b9-8+/t48?,53?,61-,62-,63+,64-,68+,71?,72?,73?/m0/s1. The number of hydrogen-bond acceptors (Lipinski definition) is 22. The van der Waals surface area contributed by atoms with E-state index >= 15 is 0 Å². The third-order valence-corrected chi connectivity index (χ3v) is 21.6. The fourth-order valence-corrected chi connectivity index (χ4v) is 17.1. The number of fused-ring (bicyclic) bond motifs is 4. The first-order valence-corrected chi connectivity index (χ1v) is 35.1. The second-order valence-corrected chi connectivity index (χ2v) is 29.0. The van der Waals surface area contributed by atoms with Crippen LogP contribution in [0.15, 0.2) is 91.2 Å². The monoisotopic (exact) mass is 1440 g/mol. The minimum atomic E-state index is -1.99. The average Bonchev–Trinajstić information content (AvgIpc) is 0.794. The number of carboxylic acid groups (broad SMARTS) is 2. The minimum absolute atomic E-state index is 0.0178. The lowest BCUT2D eigenvalue weighted by Gasteiger charge is -2.66. The molecule has 8 N–H and O–H groups in total. The van der Waals surface area contributed by atoms with Gasteiger partial charge in [-0.1, -0.05) is 49.5 Å². The Morgan fingerprint density at radius 2 is 1.62 bits per heavy atom. The Balaban J connectivity index is 0.687. The number of carboxylic acids is 2. The number of carbonyl (C=O) groups is 8. The number of para-hydroxylation sites is 1. The Hall–Kier alpha value is -9.69. The van der Waals surface area contributed by atoms with Crippen molar-refractivity contribution >= 4 is 91.8 Å². The van der Waals surface area contributed by atoms with E-state index in [9.17, 15) is 63.9 Å². The molecule has 6 aromatic rings. The number of aliphatic hydroxyl groups excluding tert-OH is 3. The average molecular weight is 1440 g/mol. The molecule has 3 aliphatic carbocycles. The van der Waals surface area contributed by atoms with Crippen molar-refractivity contribution in [1.29, 1.82) is 0 Å². The summed E-state index contributed by atoms with van der Waals surface area (Å²) >= 11 is 1.39. The molecule has 1 saturated heterocycles. The highest BCUT2D eigenvalue weighted by Gasteiger charge is 2.62. The predicted molar refractivity (Wildman–Crippen MR) is 374 cm³/mol. The van der Waals surface area contributed by atoms with Crippen molar-refractivity contribution in [3.05, 3.63) is 125 Å². The molecule has 546 valence electrons. The first-order valence-electron chi connectivity index (χ1n) is 34.2. The molecule has 3 aromatic heterocycles. The maximum atomic E-state index is 14.0. The van der Waals surface area contributed by atoms with Gasteiger partial charge in [-0.3, -0.25) is 38.9 Å². The van der Waals surface area contributed by atoms with Gasteiger partial charge in [0.05, 0.1) is 48.5 Å². The fourth-order valence-electron chi connectivity index (χ4n) is 16.3. The smallest absolute Gasteiger partial charge is 0.410 e. The van der Waals surface area contributed by atoms with Crippen LogP contribution in [0.2, 0.25) is 0 Å². The number of pyridine rings is 1. The maximum Gasteiger partial charge on any atom is 0.410 e. The molecule has 0 spiro atoms. The molecule has 6 heterocycles. The summed E-state index contributed by atoms with van der Waals surface area (Å²) in [6.45, 7) is 8.38. The normalized spacial score (nSPS) is 24.8. The molecule has 10 atom stereocenters. The predicted octanol–water partition coefficient (Wildman–Crippen LogP) is 6.60. The van der Waals surface area contributed by atoms with Crippen LogP contribution in [0.5, 0.6) is 11.5 Å². The maximum absolute atomic E-state index is 14.0. The SMILES string of the molecule is COCCN(CCOC1CC2(Cn3ncc(-c4ccc(N5CCc6c(OC)ccc(C(=O)Nc7nc8ccccc8s7)c6C5)nc4C(=O)O)c3C)CC3(C)CCC1C(C)(C3)C2)C(=O)OC/C=C/c1ccc(O[C@@H]2O[C@H](C(=O)O)[C@@H](O)[C@H](O)[C@H]2O)c(NC(=O)CCNC(=O)CCN2C(=O)C=CC2=O)c1. The summed E-state index contributed by atoms with van der Waals surface area (Å²) in [4.78, 5) is 117. The molecule has 4 fully saturated rings. The van der Waals surface area contributed by atoms with E-state index in [0.717, 1.165) is 82.6 Å². The van der Waals surface area contributed by atoms with Crippen LogP contribution in [0.1, 0.15) is 108 Å². The highest BCUT2D eigenvalue weighted by molar-refractivity contribution is 7.22. The van der Waals surface area contributed by atoms with E-state index in [1.54, 1.807) is 43.7 Å². The Morgan fingerprint density at radius 3 is 2.38 bits per heavy atom. The molecule has 0 radical (unpaired) electrons. The number of thiazole rings is 1. The zero-order valence-corrected chi connectivity index (χ0v) is 58.5. The number of aliphatic carboxylic acids is 1. The summed E-state index contributed by atoms with van der Waals surface area (Å²) in [7, 11) is 3.13. The van der Waals surface area contributed by atoms with E-state index in [2.05, 4.69) is 34.8 Å². The Bertz CT molecular complexity index is 4280. The number of rotatable bonds is 28. The molecular weight excluding hydrogens is 1350 g/mol. The van der Waals surface area contributed by atoms with Gasteiger partial charge in [-0.25, -0.2) is 24.4 Å². The topological polar surface area (TPSA) is 382 Å². The lowest BCUT2D eigenvalue weighted by Crippen LogP contribution is -2.61. The Labute approximate surface area is 596 Å². The molecule has 6 aliphatic rings. The van der Waals surface area contributed by atoms with Crippen molar-refractivity contribution in [2.45, 2.75) is 128 Å². The van der Waals surface area contributed by atoms with Crippen molar-refractivity contribution in [2.24, 2.45) is 22.2 Å². The van der Waals surface area contributed by atoms with Crippen LogP contribution in [0.4, 0.5) is 21.4 Å². The van der Waals surface area contributed by atoms with Gasteiger partial charge in [0.1, 0.15) is 42.2 Å². The summed E-state index contributed by atoms with van der Waals surface area (Å²) in [5.74, 6) is -4.17. The van der Waals surface area contributed by atoms with Gasteiger partial charge in [-0.2, -0.15) is 5.10 Å². The molecule has 103 heavy (non-hydrogen) atoms. The molecule has 3 aromatic carbocycles. The number of imide groups is 1. The van der Waals surface area contributed by atoms with Gasteiger partial charge >= 0.3 is 18.0 Å². The number of hydrogen-bond donors (Lipinski definition) is 8. The van der Waals surface area contributed by atoms with E-state index in [1.165, 1.54) is 41.5 Å². The quantitative estimate of drug-likeness (QED) is 0.0240. The molecular formula is C73H84N10O19S. The van der Waals surface area contributed by atoms with Gasteiger partial charge in [-0.05, 0) is 140 Å². The lowest BCUT2D eigenvalue weighted by atomic mass is 9.41. The van der Waals surface area contributed by atoms with E-state index in [-0.39, 0.29) is 117 Å². The second-order valence-electron chi connectivity index (χ2n) is 27.9. The van der Waals surface area contributed by atoms with E-state index in [1.807, 2.05) is 46.8 Å². The Morgan fingerprint density at radius 1 is 0.845 bits per heavy atom. The zero-order chi connectivity index (χ0) is 73.1. The molecule has 3 aliphatic heterocycles. The molecule has 29 nitrogen and oxygen atoms in total. The number of aromatic nitrogens is 4. The molecule has 5 unspecified atom stereocenters. The third-order valence-electron chi connectivity index (χ3n) is 20.7. The van der Waals surface area contributed by atoms with Gasteiger partial charge in [0.25, 0.3) is 17.7 Å². The van der Waals surface area contributed by atoms with Crippen molar-refractivity contribution < 1.29 is 92.3 Å². The largest absolute Gasteiger partial charge is 0.496 e. The second kappa shape index (κ2) is 30.7. The van der Waals surface area contributed by atoms with Crippen LogP contribution in [-0.4, -0.2) is 206 Å². The number of anilines is 3. The minimum Gasteiger partial charge on any atom is -0.496 e. The molecule has 12 rings (SSSR count). The molecule has 3 saturated carbocycles. The summed E-state index contributed by atoms with van der Waals surface area (Å²) in [5, 5.41) is 65.6. The van der Waals surface area contributed by atoms with E-state index in [4.69, 9.17) is 38.5 Å². The number of methoxy groups -OCH3 is 2. The fraction of sp³-hybridized carbons (Fsp3) is 0.466. The molecule has 3 bridgehead atoms. The summed E-state index contributed by atoms with van der Waals surface area (Å²) in [5.41, 5.74) is 4.89. The number of aliphatic hydroxyl groups is 3. The number of nitrogens with one attached hydrogen (secondary N) is 3. The summed E-state index contributed by atoms with van der Waals surface area (Å²) in [6, 6.07) is 19.2. The molecule has 6 amide bonds. The number of aromatic carboxylic acids is 1. The summed E-state index contributed by atoms with van der Waals surface area (Å²) in [6.07, 6.45) is 2.35. The van der Waals surface area contributed by atoms with Gasteiger partial charge in [0.15, 0.2) is 16.9 Å². The number of benzene rings is 3. The van der Waals surface area contributed by atoms with Crippen LogP contribution in [0.25, 0.3) is 27.4 Å². The Kier molecular flexibility index (Phi) is 21.8.